The van der Waals surface area contributed by atoms with Gasteiger partial charge in [-0.1, -0.05) is 219 Å². The van der Waals surface area contributed by atoms with Crippen molar-refractivity contribution in [3.8, 4) is 0 Å². The highest BCUT2D eigenvalue weighted by Gasteiger charge is 2.17. The lowest BCUT2D eigenvalue weighted by atomic mass is 10.0. The van der Waals surface area contributed by atoms with E-state index in [0.717, 1.165) is 32.1 Å². The van der Waals surface area contributed by atoms with Crippen molar-refractivity contribution in [3.63, 3.8) is 0 Å². The third-order valence-corrected chi connectivity index (χ3v) is 9.52. The molecule has 0 aliphatic rings. The summed E-state index contributed by atoms with van der Waals surface area (Å²) in [4.78, 5) is 12.2. The summed E-state index contributed by atoms with van der Waals surface area (Å²) in [5, 5.41) is 22.5. The van der Waals surface area contributed by atoms with Gasteiger partial charge in [0.1, 0.15) is 0 Å². The third-order valence-electron chi connectivity index (χ3n) is 9.52. The van der Waals surface area contributed by atoms with Crippen LogP contribution in [-0.4, -0.2) is 34.9 Å². The summed E-state index contributed by atoms with van der Waals surface area (Å²) in [6.45, 7) is 4.18. The highest BCUT2D eigenvalue weighted by molar-refractivity contribution is 5.76. The largest absolute Gasteiger partial charge is 0.394 e. The molecular weight excluding hydrogens is 554 g/mol. The van der Waals surface area contributed by atoms with Crippen LogP contribution in [-0.2, 0) is 4.79 Å². The Morgan fingerprint density at radius 2 is 0.822 bits per heavy atom. The summed E-state index contributed by atoms with van der Waals surface area (Å²) in [5.74, 6) is -0.0694. The van der Waals surface area contributed by atoms with Crippen molar-refractivity contribution >= 4 is 5.91 Å². The molecule has 0 aromatic rings. The first-order valence-electron chi connectivity index (χ1n) is 20.4. The molecule has 2 atom stereocenters. The zero-order chi connectivity index (χ0) is 32.9. The summed E-state index contributed by atoms with van der Waals surface area (Å²) in [7, 11) is 0. The minimum Gasteiger partial charge on any atom is -0.394 e. The topological polar surface area (TPSA) is 69.6 Å². The number of unbranched alkanes of at least 4 members (excludes halogenated alkanes) is 30. The smallest absolute Gasteiger partial charge is 0.220 e. The quantitative estimate of drug-likeness (QED) is 0.0470. The summed E-state index contributed by atoms with van der Waals surface area (Å²) in [5.41, 5.74) is 0. The highest BCUT2D eigenvalue weighted by atomic mass is 16.3. The Hall–Kier alpha value is -0.870. The van der Waals surface area contributed by atoms with Gasteiger partial charge in [-0.15, -0.1) is 0 Å². The molecule has 0 rings (SSSR count). The van der Waals surface area contributed by atoms with Crippen molar-refractivity contribution in [2.45, 2.75) is 238 Å². The van der Waals surface area contributed by atoms with E-state index in [1.807, 2.05) is 6.08 Å². The second kappa shape index (κ2) is 37.6. The van der Waals surface area contributed by atoms with Gasteiger partial charge in [-0.3, -0.25) is 4.79 Å². The normalized spacial score (nSPS) is 13.1. The minimum absolute atomic E-state index is 0.0694. The third kappa shape index (κ3) is 34.3. The Morgan fingerprint density at radius 1 is 0.511 bits per heavy atom. The van der Waals surface area contributed by atoms with Gasteiger partial charge in [-0.05, 0) is 12.8 Å². The van der Waals surface area contributed by atoms with Gasteiger partial charge in [-0.25, -0.2) is 0 Å². The van der Waals surface area contributed by atoms with E-state index >= 15 is 0 Å². The van der Waals surface area contributed by atoms with Crippen molar-refractivity contribution < 1.29 is 15.0 Å². The van der Waals surface area contributed by atoms with Crippen molar-refractivity contribution in [1.29, 1.82) is 0 Å². The first-order valence-corrected chi connectivity index (χ1v) is 20.4. The molecular formula is C41H81NO3. The fourth-order valence-electron chi connectivity index (χ4n) is 6.34. The number of allylic oxidation sites excluding steroid dienone is 1. The molecule has 0 aromatic heterocycles. The van der Waals surface area contributed by atoms with Crippen LogP contribution in [0.3, 0.4) is 0 Å². The summed E-state index contributed by atoms with van der Waals surface area (Å²) in [6.07, 6.45) is 46.7. The van der Waals surface area contributed by atoms with E-state index in [2.05, 4.69) is 19.2 Å². The van der Waals surface area contributed by atoms with Crippen LogP contribution in [0.5, 0.6) is 0 Å². The molecule has 4 nitrogen and oxygen atoms in total. The Kier molecular flexibility index (Phi) is 36.9. The lowest BCUT2D eigenvalue weighted by Gasteiger charge is -2.19. The predicted octanol–water partition coefficient (Wildman–Crippen LogP) is 12.3. The summed E-state index contributed by atoms with van der Waals surface area (Å²) in [6, 6.07) is -0.612. The number of aliphatic hydroxyl groups is 2. The molecule has 2 unspecified atom stereocenters. The van der Waals surface area contributed by atoms with Gasteiger partial charge >= 0.3 is 0 Å². The van der Waals surface area contributed by atoms with E-state index in [-0.39, 0.29) is 12.5 Å². The molecule has 0 heterocycles. The second-order valence-corrected chi connectivity index (χ2v) is 14.1. The van der Waals surface area contributed by atoms with Gasteiger partial charge in [0, 0.05) is 6.42 Å². The molecule has 0 saturated carbocycles. The maximum atomic E-state index is 12.2. The van der Waals surface area contributed by atoms with Gasteiger partial charge in [-0.2, -0.15) is 0 Å². The number of carbonyl (C=O) groups is 1. The second-order valence-electron chi connectivity index (χ2n) is 14.1. The van der Waals surface area contributed by atoms with Crippen LogP contribution in [0.2, 0.25) is 0 Å². The minimum atomic E-state index is -0.829. The van der Waals surface area contributed by atoms with E-state index in [4.69, 9.17) is 0 Å². The van der Waals surface area contributed by atoms with Crippen molar-refractivity contribution in [2.75, 3.05) is 6.61 Å². The van der Waals surface area contributed by atoms with Crippen LogP contribution in [0.4, 0.5) is 0 Å². The predicted molar refractivity (Wildman–Crippen MR) is 198 cm³/mol. The molecule has 0 radical (unpaired) electrons. The maximum absolute atomic E-state index is 12.2. The number of hydrogen-bond acceptors (Lipinski definition) is 3. The SMILES string of the molecule is CCCC/C=C/C(O)C(CO)NC(=O)CCCCCCCCCCCCCCCCCCCCCCCCCCCCCCC. The van der Waals surface area contributed by atoms with Gasteiger partial charge in [0.15, 0.2) is 0 Å². The number of rotatable bonds is 37. The number of carbonyl (C=O) groups excluding carboxylic acids is 1. The molecule has 0 fully saturated rings. The zero-order valence-electron chi connectivity index (χ0n) is 30.7. The van der Waals surface area contributed by atoms with Crippen molar-refractivity contribution in [3.05, 3.63) is 12.2 Å². The average molecular weight is 636 g/mol. The van der Waals surface area contributed by atoms with E-state index in [1.165, 1.54) is 173 Å². The van der Waals surface area contributed by atoms with Crippen molar-refractivity contribution in [2.24, 2.45) is 0 Å². The molecule has 4 heteroatoms. The van der Waals surface area contributed by atoms with Gasteiger partial charge in [0.25, 0.3) is 0 Å². The van der Waals surface area contributed by atoms with E-state index in [0.29, 0.717) is 6.42 Å². The monoisotopic (exact) mass is 636 g/mol. The summed E-state index contributed by atoms with van der Waals surface area (Å²) < 4.78 is 0. The van der Waals surface area contributed by atoms with Gasteiger partial charge in [0.05, 0.1) is 18.8 Å². The van der Waals surface area contributed by atoms with Gasteiger partial charge in [0.2, 0.25) is 5.91 Å². The number of hydrogen-bond donors (Lipinski definition) is 3. The van der Waals surface area contributed by atoms with Crippen molar-refractivity contribution in [1.82, 2.24) is 5.32 Å². The zero-order valence-corrected chi connectivity index (χ0v) is 30.7. The van der Waals surface area contributed by atoms with E-state index in [9.17, 15) is 15.0 Å². The van der Waals surface area contributed by atoms with E-state index < -0.39 is 12.1 Å². The Morgan fingerprint density at radius 3 is 1.13 bits per heavy atom. The molecule has 0 aliphatic carbocycles. The Bertz CT molecular complexity index is 608. The van der Waals surface area contributed by atoms with E-state index in [1.54, 1.807) is 6.08 Å². The molecule has 0 saturated heterocycles. The Labute approximate surface area is 282 Å². The van der Waals surface area contributed by atoms with Gasteiger partial charge < -0.3 is 15.5 Å². The van der Waals surface area contributed by atoms with Crippen LogP contribution >= 0.6 is 0 Å². The standard InChI is InChI=1S/C41H81NO3/c1-3-5-7-9-10-11-12-13-14-15-16-17-18-19-20-21-22-23-24-25-26-27-28-29-30-31-32-33-35-37-41(45)42-39(38-43)40(44)36-34-8-6-4-2/h34,36,39-40,43-44H,3-33,35,37-38H2,1-2H3,(H,42,45)/b36-34+. The van der Waals surface area contributed by atoms with Crippen LogP contribution < -0.4 is 5.32 Å². The maximum Gasteiger partial charge on any atom is 0.220 e. The average Bonchev–Trinajstić information content (AvgIpc) is 3.04. The van der Waals surface area contributed by atoms with Crippen LogP contribution in [0, 0.1) is 0 Å². The molecule has 0 bridgehead atoms. The van der Waals surface area contributed by atoms with Crippen LogP contribution in [0.1, 0.15) is 226 Å². The lowest BCUT2D eigenvalue weighted by molar-refractivity contribution is -0.123. The number of amides is 1. The molecule has 45 heavy (non-hydrogen) atoms. The fraction of sp³-hybridized carbons (Fsp3) is 0.927. The first kappa shape index (κ1) is 44.1. The number of aliphatic hydroxyl groups excluding tert-OH is 2. The highest BCUT2D eigenvalue weighted by Crippen LogP contribution is 2.16. The summed E-state index contributed by atoms with van der Waals surface area (Å²) >= 11 is 0. The molecule has 0 spiro atoms. The molecule has 268 valence electrons. The molecule has 1 amide bonds. The molecule has 0 aromatic carbocycles. The van der Waals surface area contributed by atoms with Crippen LogP contribution in [0.25, 0.3) is 0 Å². The molecule has 3 N–H and O–H groups in total. The molecule has 0 aliphatic heterocycles. The first-order chi connectivity index (χ1) is 22.2. The Balaban J connectivity index is 3.29. The van der Waals surface area contributed by atoms with Crippen LogP contribution in [0.15, 0.2) is 12.2 Å². The lowest BCUT2D eigenvalue weighted by Crippen LogP contribution is -2.45. The fourth-order valence-corrected chi connectivity index (χ4v) is 6.34. The number of nitrogens with one attached hydrogen (secondary N) is 1.